The number of benzene rings is 1. The van der Waals surface area contributed by atoms with Gasteiger partial charge in [-0.25, -0.2) is 4.98 Å². The number of nitrogen functional groups attached to an aromatic ring is 1. The van der Waals surface area contributed by atoms with E-state index in [-0.39, 0.29) is 5.82 Å². The summed E-state index contributed by atoms with van der Waals surface area (Å²) in [7, 11) is 0. The maximum absolute atomic E-state index is 14.1. The number of aromatic nitrogens is 4. The molecule has 9 nitrogen and oxygen atoms in total. The Hall–Kier alpha value is -3.87. The minimum absolute atomic E-state index is 0.00774. The highest BCUT2D eigenvalue weighted by Crippen LogP contribution is 2.34. The average molecular weight is 465 g/mol. The average Bonchev–Trinajstić information content (AvgIpc) is 3.19. The largest absolute Gasteiger partial charge is 0.486 e. The Morgan fingerprint density at radius 2 is 2.03 bits per heavy atom. The predicted octanol–water partition coefficient (Wildman–Crippen LogP) is 2.15. The Morgan fingerprint density at radius 3 is 2.79 bits per heavy atom. The van der Waals surface area contributed by atoms with Crippen LogP contribution >= 0.6 is 0 Å². The molecule has 34 heavy (non-hydrogen) atoms. The van der Waals surface area contributed by atoms with Crippen LogP contribution in [-0.4, -0.2) is 57.1 Å². The topological polar surface area (TPSA) is 108 Å². The molecule has 0 spiro atoms. The molecule has 176 valence electrons. The van der Waals surface area contributed by atoms with Crippen LogP contribution in [0.25, 0.3) is 11.2 Å². The lowest BCUT2D eigenvalue weighted by molar-refractivity contribution is -0.119. The van der Waals surface area contributed by atoms with Crippen LogP contribution in [0.1, 0.15) is 36.2 Å². The van der Waals surface area contributed by atoms with E-state index in [0.717, 1.165) is 37.8 Å². The zero-order chi connectivity index (χ0) is 23.7. The van der Waals surface area contributed by atoms with Crippen LogP contribution in [0.15, 0.2) is 12.1 Å². The van der Waals surface area contributed by atoms with Gasteiger partial charge in [0, 0.05) is 31.6 Å². The molecule has 0 saturated carbocycles. The number of piperidine rings is 1. The molecule has 4 heterocycles. The lowest BCUT2D eigenvalue weighted by Gasteiger charge is -2.30. The summed E-state index contributed by atoms with van der Waals surface area (Å²) in [6, 6.07) is 3.66. The number of likely N-dealkylation sites (tertiary alicyclic amines) is 1. The first-order valence-electron chi connectivity index (χ1n) is 11.3. The van der Waals surface area contributed by atoms with Crippen LogP contribution < -0.4 is 15.2 Å². The van der Waals surface area contributed by atoms with Crippen molar-refractivity contribution in [3.63, 3.8) is 0 Å². The second-order valence-electron chi connectivity index (χ2n) is 8.60. The Bertz CT molecular complexity index is 1280. The Labute approximate surface area is 196 Å². The zero-order valence-electron chi connectivity index (χ0n) is 18.7. The van der Waals surface area contributed by atoms with Crippen molar-refractivity contribution in [2.24, 2.45) is 5.92 Å². The van der Waals surface area contributed by atoms with Crippen LogP contribution in [-0.2, 0) is 17.8 Å². The molecular formula is C24H25FN6O3. The van der Waals surface area contributed by atoms with Crippen molar-refractivity contribution in [3.05, 3.63) is 35.2 Å². The van der Waals surface area contributed by atoms with E-state index < -0.39 is 6.08 Å². The summed E-state index contributed by atoms with van der Waals surface area (Å²) in [4.78, 5) is 25.3. The fourth-order valence-corrected chi connectivity index (χ4v) is 4.73. The summed E-state index contributed by atoms with van der Waals surface area (Å²) < 4.78 is 27.3. The minimum Gasteiger partial charge on any atom is -0.486 e. The number of aryl methyl sites for hydroxylation is 1. The third-order valence-corrected chi connectivity index (χ3v) is 6.41. The lowest BCUT2D eigenvalue weighted by atomic mass is 9.95. The Balaban J connectivity index is 1.50. The van der Waals surface area contributed by atoms with Crippen LogP contribution in [0.5, 0.6) is 11.5 Å². The van der Waals surface area contributed by atoms with E-state index in [0.29, 0.717) is 72.7 Å². The Morgan fingerprint density at radius 1 is 1.24 bits per heavy atom. The highest BCUT2D eigenvalue weighted by molar-refractivity contribution is 5.82. The molecule has 1 saturated heterocycles. The normalized spacial score (nSPS) is 17.5. The summed E-state index contributed by atoms with van der Waals surface area (Å²) >= 11 is 0. The number of carbonyl (C=O) groups is 1. The highest BCUT2D eigenvalue weighted by atomic mass is 19.1. The van der Waals surface area contributed by atoms with Gasteiger partial charge in [-0.3, -0.25) is 4.79 Å². The van der Waals surface area contributed by atoms with E-state index in [9.17, 15) is 9.18 Å². The quantitative estimate of drug-likeness (QED) is 0.338. The van der Waals surface area contributed by atoms with Gasteiger partial charge in [0.05, 0.1) is 0 Å². The van der Waals surface area contributed by atoms with E-state index in [1.54, 1.807) is 11.0 Å². The van der Waals surface area contributed by atoms with Gasteiger partial charge in [0.25, 0.3) is 0 Å². The maximum Gasteiger partial charge on any atom is 0.312 e. The van der Waals surface area contributed by atoms with E-state index in [1.165, 1.54) is 0 Å². The van der Waals surface area contributed by atoms with Gasteiger partial charge in [-0.05, 0) is 42.9 Å². The molecule has 0 radical (unpaired) electrons. The standard InChI is InChI=1S/C24H25FN6O3/c1-2-16-10-18-19(34-9-8-33-18)11-17(16)12-20-27-21-22(26)28-24(25)29-23(21)31(20)7-5-15-4-3-6-30(13-15)14-32/h1,10-11,14-15H,3-9,12-13H2,(H2,26,28,29). The number of halogens is 1. The van der Waals surface area contributed by atoms with E-state index in [1.807, 2.05) is 10.6 Å². The van der Waals surface area contributed by atoms with Gasteiger partial charge in [-0.2, -0.15) is 14.4 Å². The first kappa shape index (κ1) is 21.9. The summed E-state index contributed by atoms with van der Waals surface area (Å²) in [6.07, 6.45) is 8.94. The first-order chi connectivity index (χ1) is 16.6. The van der Waals surface area contributed by atoms with E-state index in [2.05, 4.69) is 20.9 Å². The van der Waals surface area contributed by atoms with Gasteiger partial charge in [-0.1, -0.05) is 5.92 Å². The van der Waals surface area contributed by atoms with Gasteiger partial charge in [0.1, 0.15) is 19.0 Å². The number of hydrogen-bond acceptors (Lipinski definition) is 7. The Kier molecular flexibility index (Phi) is 5.92. The van der Waals surface area contributed by atoms with Gasteiger partial charge in [0.2, 0.25) is 6.41 Å². The number of fused-ring (bicyclic) bond motifs is 2. The maximum atomic E-state index is 14.1. The zero-order valence-corrected chi connectivity index (χ0v) is 18.7. The van der Waals surface area contributed by atoms with Gasteiger partial charge in [-0.15, -0.1) is 6.42 Å². The predicted molar refractivity (Wildman–Crippen MR) is 123 cm³/mol. The number of ether oxygens (including phenoxy) is 2. The third kappa shape index (κ3) is 4.21. The summed E-state index contributed by atoms with van der Waals surface area (Å²) in [5.41, 5.74) is 8.18. The highest BCUT2D eigenvalue weighted by Gasteiger charge is 2.23. The molecule has 3 aromatic rings. The molecule has 1 aromatic carbocycles. The van der Waals surface area contributed by atoms with Crippen molar-refractivity contribution in [2.75, 3.05) is 32.0 Å². The molecule has 2 aliphatic heterocycles. The van der Waals surface area contributed by atoms with Crippen molar-refractivity contribution in [2.45, 2.75) is 32.2 Å². The number of nitrogens with zero attached hydrogens (tertiary/aromatic N) is 5. The SMILES string of the molecule is C#Cc1cc2c(cc1Cc1nc3c(N)nc(F)nc3n1CCC1CCCN(C=O)C1)OCCO2. The summed E-state index contributed by atoms with van der Waals surface area (Å²) in [5, 5.41) is 0. The van der Waals surface area contributed by atoms with E-state index >= 15 is 0 Å². The number of hydrogen-bond donors (Lipinski definition) is 1. The summed E-state index contributed by atoms with van der Waals surface area (Å²) in [5.74, 6) is 4.94. The second kappa shape index (κ2) is 9.17. The third-order valence-electron chi connectivity index (χ3n) is 6.41. The number of terminal acetylenes is 1. The van der Waals surface area contributed by atoms with E-state index in [4.69, 9.17) is 21.6 Å². The first-order valence-corrected chi connectivity index (χ1v) is 11.3. The van der Waals surface area contributed by atoms with Crippen molar-refractivity contribution in [1.82, 2.24) is 24.4 Å². The monoisotopic (exact) mass is 464 g/mol. The van der Waals surface area contributed by atoms with Crippen molar-refractivity contribution < 1.29 is 18.7 Å². The fourth-order valence-electron chi connectivity index (χ4n) is 4.73. The van der Waals surface area contributed by atoms with Crippen molar-refractivity contribution in [1.29, 1.82) is 0 Å². The molecule has 5 rings (SSSR count). The number of imidazole rings is 1. The molecule has 2 N–H and O–H groups in total. The number of rotatable bonds is 6. The number of amides is 1. The molecule has 1 unspecified atom stereocenters. The second-order valence-corrected chi connectivity index (χ2v) is 8.60. The van der Waals surface area contributed by atoms with Gasteiger partial charge in [0.15, 0.2) is 28.5 Å². The lowest BCUT2D eigenvalue weighted by Crippen LogP contribution is -2.34. The molecule has 0 aliphatic carbocycles. The smallest absolute Gasteiger partial charge is 0.312 e. The molecule has 10 heteroatoms. The molecule has 1 amide bonds. The number of carbonyl (C=O) groups excluding carboxylic acids is 1. The van der Waals surface area contributed by atoms with Crippen LogP contribution in [0.3, 0.4) is 0 Å². The van der Waals surface area contributed by atoms with Gasteiger partial charge < -0.3 is 24.7 Å². The molecule has 1 fully saturated rings. The molecule has 0 bridgehead atoms. The minimum atomic E-state index is -0.897. The fraction of sp³-hybridized carbons (Fsp3) is 0.417. The molecule has 2 aromatic heterocycles. The molecule has 2 aliphatic rings. The van der Waals surface area contributed by atoms with Crippen LogP contribution in [0.4, 0.5) is 10.2 Å². The number of anilines is 1. The van der Waals surface area contributed by atoms with Crippen molar-refractivity contribution >= 4 is 23.4 Å². The molecular weight excluding hydrogens is 439 g/mol. The van der Waals surface area contributed by atoms with Gasteiger partial charge >= 0.3 is 6.08 Å². The number of nitrogens with two attached hydrogens (primary N) is 1. The van der Waals surface area contributed by atoms with Crippen LogP contribution in [0.2, 0.25) is 0 Å². The van der Waals surface area contributed by atoms with Crippen molar-refractivity contribution in [3.8, 4) is 23.8 Å². The van der Waals surface area contributed by atoms with Crippen LogP contribution in [0, 0.1) is 24.3 Å². The summed E-state index contributed by atoms with van der Waals surface area (Å²) in [6.45, 7) is 2.98. The molecule has 1 atom stereocenters.